The first-order chi connectivity index (χ1) is 8.26. The van der Waals surface area contributed by atoms with E-state index in [4.69, 9.17) is 0 Å². The fourth-order valence-corrected chi connectivity index (χ4v) is 2.28. The van der Waals surface area contributed by atoms with Crippen molar-refractivity contribution in [1.29, 1.82) is 0 Å². The molecular formula is C14H20N2O. The molecule has 0 spiro atoms. The molecule has 3 nitrogen and oxygen atoms in total. The number of hydrogen-bond acceptors (Lipinski definition) is 2. The Morgan fingerprint density at radius 3 is 2.76 bits per heavy atom. The predicted octanol–water partition coefficient (Wildman–Crippen LogP) is 3.19. The van der Waals surface area contributed by atoms with Gasteiger partial charge in [0, 0.05) is 11.8 Å². The van der Waals surface area contributed by atoms with Crippen molar-refractivity contribution in [3.05, 3.63) is 36.2 Å². The van der Waals surface area contributed by atoms with E-state index < -0.39 is 6.10 Å². The summed E-state index contributed by atoms with van der Waals surface area (Å²) >= 11 is 0. The number of aliphatic hydroxyl groups excluding tert-OH is 1. The summed E-state index contributed by atoms with van der Waals surface area (Å²) < 4.78 is 1.81. The van der Waals surface area contributed by atoms with Crippen molar-refractivity contribution in [2.24, 2.45) is 5.92 Å². The Labute approximate surface area is 102 Å². The van der Waals surface area contributed by atoms with Gasteiger partial charge in [0.05, 0.1) is 17.8 Å². The van der Waals surface area contributed by atoms with Crippen molar-refractivity contribution in [3.8, 4) is 0 Å². The summed E-state index contributed by atoms with van der Waals surface area (Å²) in [5.41, 5.74) is 1.95. The van der Waals surface area contributed by atoms with Crippen LogP contribution in [0.2, 0.25) is 0 Å². The molecule has 0 aliphatic rings. The van der Waals surface area contributed by atoms with Gasteiger partial charge in [-0.1, -0.05) is 32.8 Å². The Hall–Kier alpha value is -1.35. The van der Waals surface area contributed by atoms with E-state index in [0.29, 0.717) is 5.92 Å². The summed E-state index contributed by atoms with van der Waals surface area (Å²) in [5.74, 6) is 0.587. The van der Waals surface area contributed by atoms with E-state index in [1.807, 2.05) is 28.9 Å². The molecule has 2 heterocycles. The topological polar surface area (TPSA) is 37.5 Å². The van der Waals surface area contributed by atoms with Crippen LogP contribution in [0.4, 0.5) is 0 Å². The molecule has 0 aliphatic heterocycles. The lowest BCUT2D eigenvalue weighted by atomic mass is 9.93. The second kappa shape index (κ2) is 5.32. The largest absolute Gasteiger partial charge is 0.388 e. The minimum atomic E-state index is -0.403. The van der Waals surface area contributed by atoms with Crippen LogP contribution in [0.5, 0.6) is 0 Å². The van der Waals surface area contributed by atoms with Crippen LogP contribution < -0.4 is 0 Å². The van der Waals surface area contributed by atoms with Crippen molar-refractivity contribution in [1.82, 2.24) is 9.61 Å². The Bertz CT molecular complexity index is 474. The van der Waals surface area contributed by atoms with Gasteiger partial charge < -0.3 is 5.11 Å². The molecule has 1 N–H and O–H groups in total. The molecule has 0 fully saturated rings. The molecule has 1 unspecified atom stereocenters. The molecule has 17 heavy (non-hydrogen) atoms. The van der Waals surface area contributed by atoms with Crippen LogP contribution in [0.25, 0.3) is 5.52 Å². The monoisotopic (exact) mass is 232 g/mol. The number of rotatable bonds is 5. The van der Waals surface area contributed by atoms with Crippen molar-refractivity contribution in [2.75, 3.05) is 0 Å². The molecule has 0 aliphatic carbocycles. The molecule has 2 aromatic rings. The molecule has 92 valence electrons. The molecule has 0 radical (unpaired) electrons. The average molecular weight is 232 g/mol. The standard InChI is InChI=1S/C14H20N2O/c1-3-11(4-2)9-14(17)12-10-15-16-8-6-5-7-13(12)16/h5-8,10-11,14,17H,3-4,9H2,1-2H3. The van der Waals surface area contributed by atoms with Gasteiger partial charge in [0.2, 0.25) is 0 Å². The zero-order valence-corrected chi connectivity index (χ0v) is 10.5. The minimum Gasteiger partial charge on any atom is -0.388 e. The third kappa shape index (κ3) is 2.50. The molecule has 0 saturated heterocycles. The summed E-state index contributed by atoms with van der Waals surface area (Å²) in [6.07, 6.45) is 6.34. The molecule has 0 saturated carbocycles. The normalized spacial score (nSPS) is 13.4. The Balaban J connectivity index is 2.21. The number of nitrogens with zero attached hydrogens (tertiary/aromatic N) is 2. The maximum Gasteiger partial charge on any atom is 0.0829 e. The van der Waals surface area contributed by atoms with Crippen LogP contribution in [0.3, 0.4) is 0 Å². The van der Waals surface area contributed by atoms with Crippen LogP contribution in [-0.4, -0.2) is 14.7 Å². The number of pyridine rings is 1. The number of aromatic nitrogens is 2. The highest BCUT2D eigenvalue weighted by Gasteiger charge is 2.16. The lowest BCUT2D eigenvalue weighted by Gasteiger charge is -2.16. The van der Waals surface area contributed by atoms with E-state index in [0.717, 1.165) is 30.3 Å². The fourth-order valence-electron chi connectivity index (χ4n) is 2.28. The molecule has 0 bridgehead atoms. The molecular weight excluding hydrogens is 212 g/mol. The summed E-state index contributed by atoms with van der Waals surface area (Å²) in [7, 11) is 0. The maximum absolute atomic E-state index is 10.3. The highest BCUT2D eigenvalue weighted by atomic mass is 16.3. The summed E-state index contributed by atoms with van der Waals surface area (Å²) in [5, 5.41) is 14.5. The number of hydrogen-bond donors (Lipinski definition) is 1. The van der Waals surface area contributed by atoms with E-state index in [1.54, 1.807) is 6.20 Å². The second-order valence-electron chi connectivity index (χ2n) is 4.56. The SMILES string of the molecule is CCC(CC)CC(O)c1cnn2ccccc12. The second-order valence-corrected chi connectivity index (χ2v) is 4.56. The van der Waals surface area contributed by atoms with Gasteiger partial charge in [0.15, 0.2) is 0 Å². The molecule has 1 atom stereocenters. The first-order valence-electron chi connectivity index (χ1n) is 6.36. The van der Waals surface area contributed by atoms with Crippen LogP contribution >= 0.6 is 0 Å². The van der Waals surface area contributed by atoms with E-state index >= 15 is 0 Å². The van der Waals surface area contributed by atoms with Crippen LogP contribution in [-0.2, 0) is 0 Å². The van der Waals surface area contributed by atoms with Crippen LogP contribution in [0.15, 0.2) is 30.6 Å². The average Bonchev–Trinajstić information content (AvgIpc) is 2.79. The molecule has 0 amide bonds. The summed E-state index contributed by atoms with van der Waals surface area (Å²) in [6, 6.07) is 5.92. The highest BCUT2D eigenvalue weighted by Crippen LogP contribution is 2.27. The van der Waals surface area contributed by atoms with Gasteiger partial charge in [-0.25, -0.2) is 4.52 Å². The van der Waals surface area contributed by atoms with E-state index in [-0.39, 0.29) is 0 Å². The molecule has 0 aromatic carbocycles. The molecule has 3 heteroatoms. The molecule has 2 aromatic heterocycles. The first-order valence-corrected chi connectivity index (χ1v) is 6.36. The fraction of sp³-hybridized carbons (Fsp3) is 0.500. The number of aliphatic hydroxyl groups is 1. The quantitative estimate of drug-likeness (QED) is 0.859. The Morgan fingerprint density at radius 1 is 1.29 bits per heavy atom. The van der Waals surface area contributed by atoms with Crippen molar-refractivity contribution < 1.29 is 5.11 Å². The Kier molecular flexibility index (Phi) is 3.79. The minimum absolute atomic E-state index is 0.403. The summed E-state index contributed by atoms with van der Waals surface area (Å²) in [6.45, 7) is 4.36. The smallest absolute Gasteiger partial charge is 0.0829 e. The zero-order chi connectivity index (χ0) is 12.3. The van der Waals surface area contributed by atoms with Gasteiger partial charge in [-0.15, -0.1) is 0 Å². The van der Waals surface area contributed by atoms with Gasteiger partial charge in [-0.05, 0) is 24.5 Å². The van der Waals surface area contributed by atoms with Gasteiger partial charge in [0.25, 0.3) is 0 Å². The van der Waals surface area contributed by atoms with Gasteiger partial charge in [-0.3, -0.25) is 0 Å². The first kappa shape index (κ1) is 12.1. The highest BCUT2D eigenvalue weighted by molar-refractivity contribution is 5.54. The Morgan fingerprint density at radius 2 is 2.06 bits per heavy atom. The van der Waals surface area contributed by atoms with Crippen molar-refractivity contribution in [3.63, 3.8) is 0 Å². The zero-order valence-electron chi connectivity index (χ0n) is 10.5. The van der Waals surface area contributed by atoms with Gasteiger partial charge in [-0.2, -0.15) is 5.10 Å². The maximum atomic E-state index is 10.3. The van der Waals surface area contributed by atoms with Crippen molar-refractivity contribution >= 4 is 5.52 Å². The lowest BCUT2D eigenvalue weighted by Crippen LogP contribution is -2.05. The third-order valence-electron chi connectivity index (χ3n) is 3.53. The van der Waals surface area contributed by atoms with Crippen LogP contribution in [0, 0.1) is 5.92 Å². The van der Waals surface area contributed by atoms with E-state index in [9.17, 15) is 5.11 Å². The summed E-state index contributed by atoms with van der Waals surface area (Å²) in [4.78, 5) is 0. The van der Waals surface area contributed by atoms with Crippen LogP contribution in [0.1, 0.15) is 44.8 Å². The van der Waals surface area contributed by atoms with Gasteiger partial charge >= 0.3 is 0 Å². The van der Waals surface area contributed by atoms with E-state index in [1.165, 1.54) is 0 Å². The number of fused-ring (bicyclic) bond motifs is 1. The van der Waals surface area contributed by atoms with E-state index in [2.05, 4.69) is 18.9 Å². The van der Waals surface area contributed by atoms with Crippen molar-refractivity contribution in [2.45, 2.75) is 39.2 Å². The molecule has 2 rings (SSSR count). The predicted molar refractivity (Wildman–Crippen MR) is 68.8 cm³/mol. The van der Waals surface area contributed by atoms with Gasteiger partial charge in [0.1, 0.15) is 0 Å². The lowest BCUT2D eigenvalue weighted by molar-refractivity contribution is 0.142. The third-order valence-corrected chi connectivity index (χ3v) is 3.53.